The predicted octanol–water partition coefficient (Wildman–Crippen LogP) is 1.81. The van der Waals surface area contributed by atoms with Crippen LogP contribution in [-0.4, -0.2) is 81.4 Å². The van der Waals surface area contributed by atoms with Crippen LogP contribution in [-0.2, 0) is 4.74 Å². The van der Waals surface area contributed by atoms with Gasteiger partial charge in [0.1, 0.15) is 0 Å². The Labute approximate surface area is 154 Å². The minimum Gasteiger partial charge on any atom is -0.379 e. The summed E-state index contributed by atoms with van der Waals surface area (Å²) in [5, 5.41) is 3.83. The molecule has 2 aliphatic heterocycles. The van der Waals surface area contributed by atoms with Gasteiger partial charge in [0.05, 0.1) is 13.2 Å². The van der Waals surface area contributed by atoms with Crippen molar-refractivity contribution in [1.29, 1.82) is 0 Å². The van der Waals surface area contributed by atoms with Gasteiger partial charge in [-0.1, -0.05) is 17.7 Å². The summed E-state index contributed by atoms with van der Waals surface area (Å²) in [7, 11) is 0. The van der Waals surface area contributed by atoms with E-state index in [1.807, 2.05) is 24.0 Å². The molecule has 2 amide bonds. The number of morpholine rings is 1. The molecule has 3 rings (SSSR count). The van der Waals surface area contributed by atoms with Gasteiger partial charge in [0.15, 0.2) is 0 Å². The Morgan fingerprint density at radius 3 is 2.56 bits per heavy atom. The topological polar surface area (TPSA) is 48.0 Å². The fourth-order valence-electron chi connectivity index (χ4n) is 3.20. The average Bonchev–Trinajstić information content (AvgIpc) is 2.65. The van der Waals surface area contributed by atoms with Crippen LogP contribution in [0.25, 0.3) is 0 Å². The molecule has 0 atom stereocenters. The van der Waals surface area contributed by atoms with Crippen molar-refractivity contribution in [1.82, 2.24) is 15.1 Å². The number of aryl methyl sites for hydroxylation is 1. The molecule has 1 N–H and O–H groups in total. The second kappa shape index (κ2) is 8.74. The first-order valence-corrected chi connectivity index (χ1v) is 9.35. The number of nitrogens with zero attached hydrogens (tertiary/aromatic N) is 3. The van der Waals surface area contributed by atoms with Gasteiger partial charge in [-0.05, 0) is 24.6 Å². The van der Waals surface area contributed by atoms with E-state index in [0.717, 1.165) is 75.3 Å². The largest absolute Gasteiger partial charge is 0.379 e. The third-order valence-electron chi connectivity index (χ3n) is 4.90. The van der Waals surface area contributed by atoms with Crippen molar-refractivity contribution in [3.63, 3.8) is 0 Å². The summed E-state index contributed by atoms with van der Waals surface area (Å²) in [6.07, 6.45) is 0. The van der Waals surface area contributed by atoms with E-state index < -0.39 is 0 Å². The van der Waals surface area contributed by atoms with Crippen molar-refractivity contribution >= 4 is 23.3 Å². The van der Waals surface area contributed by atoms with Crippen molar-refractivity contribution in [3.05, 3.63) is 28.8 Å². The number of hydrogen-bond donors (Lipinski definition) is 1. The molecule has 2 heterocycles. The summed E-state index contributed by atoms with van der Waals surface area (Å²) in [5.74, 6) is 0. The zero-order valence-electron chi connectivity index (χ0n) is 14.8. The molecular weight excluding hydrogens is 340 g/mol. The molecule has 0 unspecified atom stereocenters. The number of piperazine rings is 1. The van der Waals surface area contributed by atoms with Crippen LogP contribution in [0.2, 0.25) is 5.02 Å². The van der Waals surface area contributed by atoms with Crippen LogP contribution in [0.15, 0.2) is 18.2 Å². The maximum absolute atomic E-state index is 12.3. The highest BCUT2D eigenvalue weighted by Gasteiger charge is 2.21. The molecule has 2 aliphatic rings. The Morgan fingerprint density at radius 1 is 1.16 bits per heavy atom. The van der Waals surface area contributed by atoms with Gasteiger partial charge in [-0.25, -0.2) is 4.79 Å². The quantitative estimate of drug-likeness (QED) is 0.883. The third kappa shape index (κ3) is 5.00. The molecule has 138 valence electrons. The Morgan fingerprint density at radius 2 is 1.88 bits per heavy atom. The number of ether oxygens (including phenoxy) is 1. The molecule has 2 fully saturated rings. The van der Waals surface area contributed by atoms with E-state index in [-0.39, 0.29) is 6.03 Å². The minimum absolute atomic E-state index is 0.0369. The number of anilines is 1. The number of rotatable bonds is 4. The maximum atomic E-state index is 12.3. The van der Waals surface area contributed by atoms with Gasteiger partial charge in [-0.2, -0.15) is 0 Å². The highest BCUT2D eigenvalue weighted by atomic mass is 35.5. The number of carbonyl (C=O) groups excluding carboxylic acids is 1. The van der Waals surface area contributed by atoms with Gasteiger partial charge in [0, 0.05) is 63.1 Å². The second-order valence-corrected chi connectivity index (χ2v) is 7.00. The molecular formula is C18H27ClN4O2. The second-order valence-electron chi connectivity index (χ2n) is 6.59. The van der Waals surface area contributed by atoms with Crippen LogP contribution < -0.4 is 10.2 Å². The Kier molecular flexibility index (Phi) is 6.39. The van der Waals surface area contributed by atoms with E-state index in [0.29, 0.717) is 6.54 Å². The molecule has 1 aromatic carbocycles. The highest BCUT2D eigenvalue weighted by molar-refractivity contribution is 6.31. The number of carbonyl (C=O) groups is 1. The average molecular weight is 367 g/mol. The lowest BCUT2D eigenvalue weighted by Gasteiger charge is -2.36. The number of amides is 2. The molecule has 25 heavy (non-hydrogen) atoms. The molecule has 1 aromatic rings. The van der Waals surface area contributed by atoms with E-state index >= 15 is 0 Å². The predicted molar refractivity (Wildman–Crippen MR) is 101 cm³/mol. The summed E-state index contributed by atoms with van der Waals surface area (Å²) in [6, 6.07) is 6.19. The SMILES string of the molecule is Cc1ccc(N2CCN(C(=O)NCCN3CCOCC3)CC2)cc1Cl. The van der Waals surface area contributed by atoms with Crippen molar-refractivity contribution in [2.24, 2.45) is 0 Å². The molecule has 6 nitrogen and oxygen atoms in total. The summed E-state index contributed by atoms with van der Waals surface area (Å²) >= 11 is 6.22. The molecule has 0 spiro atoms. The van der Waals surface area contributed by atoms with Crippen molar-refractivity contribution in [3.8, 4) is 0 Å². The number of nitrogens with one attached hydrogen (secondary N) is 1. The first kappa shape index (κ1) is 18.3. The van der Waals surface area contributed by atoms with E-state index in [2.05, 4.69) is 21.2 Å². The van der Waals surface area contributed by atoms with E-state index in [1.165, 1.54) is 0 Å². The van der Waals surface area contributed by atoms with E-state index in [1.54, 1.807) is 0 Å². The number of hydrogen-bond acceptors (Lipinski definition) is 4. The minimum atomic E-state index is 0.0369. The summed E-state index contributed by atoms with van der Waals surface area (Å²) in [5.41, 5.74) is 2.21. The van der Waals surface area contributed by atoms with Gasteiger partial charge < -0.3 is 19.9 Å². The van der Waals surface area contributed by atoms with Crippen molar-refractivity contribution < 1.29 is 9.53 Å². The zero-order valence-corrected chi connectivity index (χ0v) is 15.6. The van der Waals surface area contributed by atoms with Gasteiger partial charge in [0.25, 0.3) is 0 Å². The molecule has 7 heteroatoms. The lowest BCUT2D eigenvalue weighted by Crippen LogP contribution is -2.52. The Hall–Kier alpha value is -1.50. The highest BCUT2D eigenvalue weighted by Crippen LogP contribution is 2.24. The number of benzene rings is 1. The molecule has 0 aromatic heterocycles. The molecule has 0 bridgehead atoms. The van der Waals surface area contributed by atoms with Crippen LogP contribution >= 0.6 is 11.6 Å². The lowest BCUT2D eigenvalue weighted by atomic mass is 10.2. The number of halogens is 1. The lowest BCUT2D eigenvalue weighted by molar-refractivity contribution is 0.0386. The number of urea groups is 1. The third-order valence-corrected chi connectivity index (χ3v) is 5.30. The van der Waals surface area contributed by atoms with Gasteiger partial charge in [-0.15, -0.1) is 0 Å². The first-order valence-electron chi connectivity index (χ1n) is 8.97. The Bertz CT molecular complexity index is 584. The van der Waals surface area contributed by atoms with E-state index in [4.69, 9.17) is 16.3 Å². The summed E-state index contributed by atoms with van der Waals surface area (Å²) in [4.78, 5) is 18.8. The summed E-state index contributed by atoms with van der Waals surface area (Å²) < 4.78 is 5.33. The van der Waals surface area contributed by atoms with Crippen LogP contribution in [0.5, 0.6) is 0 Å². The van der Waals surface area contributed by atoms with Crippen LogP contribution in [0, 0.1) is 6.92 Å². The molecule has 0 saturated carbocycles. The summed E-state index contributed by atoms with van der Waals surface area (Å²) in [6.45, 7) is 10.2. The first-order chi connectivity index (χ1) is 12.1. The molecule has 0 radical (unpaired) electrons. The zero-order chi connectivity index (χ0) is 17.6. The van der Waals surface area contributed by atoms with Crippen LogP contribution in [0.1, 0.15) is 5.56 Å². The van der Waals surface area contributed by atoms with Crippen LogP contribution in [0.3, 0.4) is 0 Å². The van der Waals surface area contributed by atoms with Gasteiger partial charge in [0.2, 0.25) is 0 Å². The monoisotopic (exact) mass is 366 g/mol. The fraction of sp³-hybridized carbons (Fsp3) is 0.611. The van der Waals surface area contributed by atoms with Gasteiger partial charge in [-0.3, -0.25) is 4.90 Å². The van der Waals surface area contributed by atoms with Gasteiger partial charge >= 0.3 is 6.03 Å². The maximum Gasteiger partial charge on any atom is 0.317 e. The molecule has 2 saturated heterocycles. The smallest absolute Gasteiger partial charge is 0.317 e. The Balaban J connectivity index is 1.40. The van der Waals surface area contributed by atoms with Crippen LogP contribution in [0.4, 0.5) is 10.5 Å². The van der Waals surface area contributed by atoms with E-state index in [9.17, 15) is 4.79 Å². The van der Waals surface area contributed by atoms with Crippen molar-refractivity contribution in [2.45, 2.75) is 6.92 Å². The standard InChI is InChI=1S/C18H27ClN4O2/c1-15-2-3-16(14-17(15)19)22-6-8-23(9-7-22)18(24)20-4-5-21-10-12-25-13-11-21/h2-3,14H,4-13H2,1H3,(H,20,24). The fourth-order valence-corrected chi connectivity index (χ4v) is 3.38. The molecule has 0 aliphatic carbocycles. The van der Waals surface area contributed by atoms with Crippen molar-refractivity contribution in [2.75, 3.05) is 70.5 Å². The normalized spacial score (nSPS) is 19.1.